The number of nitrogens with one attached hydrogen (secondary N) is 1. The third-order valence-electron chi connectivity index (χ3n) is 5.68. The molecule has 2 aromatic heterocycles. The predicted molar refractivity (Wildman–Crippen MR) is 129 cm³/mol. The van der Waals surface area contributed by atoms with Gasteiger partial charge in [0.25, 0.3) is 11.6 Å². The van der Waals surface area contributed by atoms with Crippen molar-refractivity contribution >= 4 is 28.4 Å². The molecule has 0 spiro atoms. The number of aromatic nitrogens is 1. The van der Waals surface area contributed by atoms with E-state index in [1.165, 1.54) is 24.3 Å². The molecular formula is C26H19N3O6. The van der Waals surface area contributed by atoms with Crippen LogP contribution >= 0.6 is 0 Å². The Morgan fingerprint density at radius 3 is 2.43 bits per heavy atom. The van der Waals surface area contributed by atoms with Crippen molar-refractivity contribution in [2.45, 2.75) is 13.8 Å². The molecule has 0 aliphatic rings. The van der Waals surface area contributed by atoms with E-state index in [4.69, 9.17) is 8.83 Å². The molecule has 174 valence electrons. The number of oxazole rings is 1. The number of aromatic hydroxyl groups is 1. The Bertz CT molecular complexity index is 1560. The molecule has 2 N–H and O–H groups in total. The van der Waals surface area contributed by atoms with Gasteiger partial charge in [0, 0.05) is 29.4 Å². The van der Waals surface area contributed by atoms with Crippen molar-refractivity contribution in [2.24, 2.45) is 0 Å². The molecule has 0 radical (unpaired) electrons. The van der Waals surface area contributed by atoms with Crippen molar-refractivity contribution in [1.82, 2.24) is 4.98 Å². The molecule has 0 saturated carbocycles. The molecule has 0 aliphatic carbocycles. The number of benzene rings is 3. The summed E-state index contributed by atoms with van der Waals surface area (Å²) in [4.78, 5) is 27.4. The van der Waals surface area contributed by atoms with Crippen LogP contribution in [-0.2, 0) is 0 Å². The van der Waals surface area contributed by atoms with Crippen LogP contribution in [0.4, 0.5) is 11.4 Å². The van der Waals surface area contributed by atoms with Crippen LogP contribution in [0, 0.1) is 24.0 Å². The fraction of sp³-hybridized carbons (Fsp3) is 0.0769. The van der Waals surface area contributed by atoms with Crippen LogP contribution in [0.25, 0.3) is 33.9 Å². The second-order valence-corrected chi connectivity index (χ2v) is 8.08. The van der Waals surface area contributed by atoms with E-state index < -0.39 is 10.8 Å². The third kappa shape index (κ3) is 4.22. The van der Waals surface area contributed by atoms with Crippen LogP contribution in [0.2, 0.25) is 0 Å². The van der Waals surface area contributed by atoms with Gasteiger partial charge in [-0.05, 0) is 73.5 Å². The lowest BCUT2D eigenvalue weighted by molar-refractivity contribution is -0.384. The van der Waals surface area contributed by atoms with Gasteiger partial charge in [-0.2, -0.15) is 0 Å². The van der Waals surface area contributed by atoms with Crippen LogP contribution in [-0.4, -0.2) is 20.9 Å². The number of fused-ring (bicyclic) bond motifs is 1. The maximum Gasteiger partial charge on any atom is 0.291 e. The molecule has 9 nitrogen and oxygen atoms in total. The molecule has 5 aromatic rings. The van der Waals surface area contributed by atoms with Gasteiger partial charge >= 0.3 is 0 Å². The topological polar surface area (TPSA) is 132 Å². The second kappa shape index (κ2) is 8.45. The van der Waals surface area contributed by atoms with E-state index in [0.717, 1.165) is 11.1 Å². The number of non-ortho nitro benzene ring substituents is 1. The van der Waals surface area contributed by atoms with Crippen LogP contribution in [0.3, 0.4) is 0 Å². The van der Waals surface area contributed by atoms with Crippen molar-refractivity contribution in [3.63, 3.8) is 0 Å². The number of carbonyl (C=O) groups excluding carboxylic acids is 1. The minimum atomic E-state index is -0.516. The molecule has 5 rings (SSSR count). The number of nitrogens with zero attached hydrogens (tertiary/aromatic N) is 2. The van der Waals surface area contributed by atoms with E-state index in [1.54, 1.807) is 30.3 Å². The molecule has 9 heteroatoms. The number of amides is 1. The molecule has 0 atom stereocenters. The van der Waals surface area contributed by atoms with Gasteiger partial charge in [0.2, 0.25) is 5.89 Å². The molecule has 0 fully saturated rings. The Labute approximate surface area is 198 Å². The SMILES string of the molecule is Cc1cc2nc(-c3ccc(NC(=O)c4ccc(-c5ccc([N+](=O)[O-])cc5)o4)cc3O)oc2cc1C. The highest BCUT2D eigenvalue weighted by Crippen LogP contribution is 2.34. The van der Waals surface area contributed by atoms with E-state index >= 15 is 0 Å². The highest BCUT2D eigenvalue weighted by molar-refractivity contribution is 6.02. The highest BCUT2D eigenvalue weighted by Gasteiger charge is 2.17. The van der Waals surface area contributed by atoms with Crippen molar-refractivity contribution < 1.29 is 23.7 Å². The zero-order chi connectivity index (χ0) is 24.7. The largest absolute Gasteiger partial charge is 0.507 e. The molecule has 2 heterocycles. The highest BCUT2D eigenvalue weighted by atomic mass is 16.6. The Morgan fingerprint density at radius 2 is 1.71 bits per heavy atom. The van der Waals surface area contributed by atoms with Gasteiger partial charge in [-0.15, -0.1) is 0 Å². The van der Waals surface area contributed by atoms with Gasteiger partial charge in [0.05, 0.1) is 10.5 Å². The fourth-order valence-corrected chi connectivity index (χ4v) is 3.64. The van der Waals surface area contributed by atoms with Crippen LogP contribution in [0.1, 0.15) is 21.7 Å². The monoisotopic (exact) mass is 469 g/mol. The lowest BCUT2D eigenvalue weighted by Gasteiger charge is -2.06. The molecule has 1 amide bonds. The van der Waals surface area contributed by atoms with Crippen LogP contribution < -0.4 is 5.32 Å². The van der Waals surface area contributed by atoms with Gasteiger partial charge in [-0.25, -0.2) is 4.98 Å². The molecular weight excluding hydrogens is 450 g/mol. The van der Waals surface area contributed by atoms with Gasteiger partial charge < -0.3 is 19.3 Å². The normalized spacial score (nSPS) is 11.0. The zero-order valence-electron chi connectivity index (χ0n) is 18.7. The Morgan fingerprint density at radius 1 is 0.971 bits per heavy atom. The smallest absolute Gasteiger partial charge is 0.291 e. The summed E-state index contributed by atoms with van der Waals surface area (Å²) in [7, 11) is 0. The summed E-state index contributed by atoms with van der Waals surface area (Å²) < 4.78 is 11.4. The minimum Gasteiger partial charge on any atom is -0.507 e. The molecule has 0 bridgehead atoms. The summed E-state index contributed by atoms with van der Waals surface area (Å²) in [6.45, 7) is 3.98. The number of furan rings is 1. The number of rotatable bonds is 5. The van der Waals surface area contributed by atoms with E-state index in [-0.39, 0.29) is 23.1 Å². The minimum absolute atomic E-state index is 0.0374. The van der Waals surface area contributed by atoms with E-state index in [1.807, 2.05) is 26.0 Å². The fourth-order valence-electron chi connectivity index (χ4n) is 3.64. The molecule has 3 aromatic carbocycles. The maximum absolute atomic E-state index is 12.6. The quantitative estimate of drug-likeness (QED) is 0.230. The van der Waals surface area contributed by atoms with Crippen molar-refractivity contribution in [2.75, 3.05) is 5.32 Å². The summed E-state index contributed by atoms with van der Waals surface area (Å²) in [6, 6.07) is 17.4. The number of carbonyl (C=O) groups is 1. The van der Waals surface area contributed by atoms with E-state index in [0.29, 0.717) is 33.7 Å². The predicted octanol–water partition coefficient (Wildman–Crippen LogP) is 6.24. The number of nitro groups is 1. The first-order valence-electron chi connectivity index (χ1n) is 10.7. The van der Waals surface area contributed by atoms with E-state index in [9.17, 15) is 20.0 Å². The second-order valence-electron chi connectivity index (χ2n) is 8.08. The average Bonchev–Trinajstić information content (AvgIpc) is 3.47. The molecule has 35 heavy (non-hydrogen) atoms. The number of hydrogen-bond donors (Lipinski definition) is 2. The van der Waals surface area contributed by atoms with Crippen LogP contribution in [0.5, 0.6) is 5.75 Å². The van der Waals surface area contributed by atoms with Crippen molar-refractivity contribution in [3.05, 3.63) is 93.7 Å². The Kier molecular flexibility index (Phi) is 5.29. The van der Waals surface area contributed by atoms with Crippen molar-refractivity contribution in [1.29, 1.82) is 0 Å². The summed E-state index contributed by atoms with van der Waals surface area (Å²) >= 11 is 0. The number of hydrogen-bond acceptors (Lipinski definition) is 7. The molecule has 0 saturated heterocycles. The van der Waals surface area contributed by atoms with Crippen LogP contribution in [0.15, 0.2) is 75.6 Å². The first-order chi connectivity index (χ1) is 16.8. The number of aryl methyl sites for hydroxylation is 2. The summed E-state index contributed by atoms with van der Waals surface area (Å²) in [5, 5.41) is 24.0. The van der Waals surface area contributed by atoms with Gasteiger partial charge in [0.15, 0.2) is 11.3 Å². The summed E-state index contributed by atoms with van der Waals surface area (Å²) in [6.07, 6.45) is 0. The number of phenolic OH excluding ortho intramolecular Hbond substituents is 1. The Hall–Kier alpha value is -4.92. The first-order valence-corrected chi connectivity index (χ1v) is 10.7. The number of nitro benzene ring substituents is 1. The summed E-state index contributed by atoms with van der Waals surface area (Å²) in [5.41, 5.74) is 4.81. The first kappa shape index (κ1) is 21.9. The lowest BCUT2D eigenvalue weighted by Crippen LogP contribution is -2.10. The average molecular weight is 469 g/mol. The number of anilines is 1. The maximum atomic E-state index is 12.6. The van der Waals surface area contributed by atoms with Gasteiger partial charge in [-0.3, -0.25) is 14.9 Å². The third-order valence-corrected chi connectivity index (χ3v) is 5.68. The van der Waals surface area contributed by atoms with Crippen molar-refractivity contribution in [3.8, 4) is 28.5 Å². The Balaban J connectivity index is 1.33. The number of phenols is 1. The summed E-state index contributed by atoms with van der Waals surface area (Å²) in [5.74, 6) is 0.0994. The lowest BCUT2D eigenvalue weighted by atomic mass is 10.1. The van der Waals surface area contributed by atoms with Gasteiger partial charge in [0.1, 0.15) is 17.0 Å². The van der Waals surface area contributed by atoms with Gasteiger partial charge in [-0.1, -0.05) is 0 Å². The van der Waals surface area contributed by atoms with E-state index in [2.05, 4.69) is 10.3 Å². The molecule has 0 unspecified atom stereocenters. The standard InChI is InChI=1S/C26H19N3O6/c1-14-11-20-24(12-15(14)2)35-26(28-20)19-8-5-17(13-21(19)30)27-25(31)23-10-9-22(34-23)16-3-6-18(7-4-16)29(32)33/h3-13,30H,1-2H3,(H,27,31). The molecule has 0 aliphatic heterocycles. The zero-order valence-corrected chi connectivity index (χ0v) is 18.7.